The van der Waals surface area contributed by atoms with E-state index >= 15 is 0 Å². The van der Waals surface area contributed by atoms with Crippen molar-refractivity contribution < 1.29 is 24.3 Å². The molecule has 1 aromatic rings. The molecule has 0 bridgehead atoms. The summed E-state index contributed by atoms with van der Waals surface area (Å²) in [6, 6.07) is 6.22. The Morgan fingerprint density at radius 3 is 2.35 bits per heavy atom. The first-order valence-corrected chi connectivity index (χ1v) is 6.93. The minimum Gasteiger partial charge on any atom is -0.479 e. The molecule has 4 amide bonds. The third-order valence-corrected chi connectivity index (χ3v) is 3.43. The van der Waals surface area contributed by atoms with Crippen LogP contribution in [0.5, 0.6) is 0 Å². The lowest BCUT2D eigenvalue weighted by Gasteiger charge is -2.18. The number of carbonyl (C=O) groups is 4. The molecule has 8 nitrogen and oxygen atoms in total. The number of urea groups is 1. The van der Waals surface area contributed by atoms with Gasteiger partial charge in [0.2, 0.25) is 5.91 Å². The van der Waals surface area contributed by atoms with E-state index in [1.165, 1.54) is 13.8 Å². The molecule has 0 unspecified atom stereocenters. The van der Waals surface area contributed by atoms with Crippen molar-refractivity contribution in [1.29, 1.82) is 0 Å². The van der Waals surface area contributed by atoms with Gasteiger partial charge in [0.05, 0.1) is 0 Å². The fourth-order valence-corrected chi connectivity index (χ4v) is 2.24. The Bertz CT molecular complexity index is 656. The van der Waals surface area contributed by atoms with Crippen molar-refractivity contribution in [2.24, 2.45) is 0 Å². The molecule has 0 radical (unpaired) electrons. The predicted octanol–water partition coefficient (Wildman–Crippen LogP) is 0.259. The number of imide groups is 1. The van der Waals surface area contributed by atoms with Crippen LogP contribution in [-0.4, -0.2) is 45.9 Å². The fraction of sp³-hybridized carbons (Fsp3) is 0.333. The third-order valence-electron chi connectivity index (χ3n) is 3.43. The maximum absolute atomic E-state index is 12.0. The maximum atomic E-state index is 12.0. The van der Waals surface area contributed by atoms with Gasteiger partial charge in [-0.2, -0.15) is 0 Å². The second-order valence-electron chi connectivity index (χ2n) is 5.70. The normalized spacial score (nSPS) is 17.6. The van der Waals surface area contributed by atoms with Crippen molar-refractivity contribution in [2.75, 3.05) is 6.54 Å². The van der Waals surface area contributed by atoms with E-state index in [1.54, 1.807) is 30.3 Å². The third kappa shape index (κ3) is 3.47. The van der Waals surface area contributed by atoms with Gasteiger partial charge < -0.3 is 15.7 Å². The Morgan fingerprint density at radius 2 is 1.87 bits per heavy atom. The van der Waals surface area contributed by atoms with Crippen LogP contribution in [0.4, 0.5) is 4.79 Å². The molecular weight excluding hydrogens is 302 g/mol. The number of carboxylic acids is 1. The van der Waals surface area contributed by atoms with Crippen molar-refractivity contribution in [3.8, 4) is 0 Å². The summed E-state index contributed by atoms with van der Waals surface area (Å²) in [5.74, 6) is -2.51. The highest BCUT2D eigenvalue weighted by molar-refractivity contribution is 6.08. The Balaban J connectivity index is 2.08. The molecular formula is C15H17N3O5. The largest absolute Gasteiger partial charge is 0.479 e. The standard InChI is InChI=1S/C15H17N3O5/c1-15(2)13(22)18(14(23)17-15)8-10(19)16-11(12(20)21)9-6-4-3-5-7-9/h3-7,11H,8H2,1-2H3,(H,16,19)(H,17,23)(H,20,21)/t11-/m1/s1. The first-order chi connectivity index (χ1) is 10.7. The van der Waals surface area contributed by atoms with Crippen molar-refractivity contribution in [1.82, 2.24) is 15.5 Å². The fourth-order valence-electron chi connectivity index (χ4n) is 2.24. The second kappa shape index (κ2) is 6.07. The SMILES string of the molecule is CC1(C)NC(=O)N(CC(=O)N[C@@H](C(=O)O)c2ccccc2)C1=O. The van der Waals surface area contributed by atoms with E-state index in [4.69, 9.17) is 0 Å². The highest BCUT2D eigenvalue weighted by atomic mass is 16.4. The van der Waals surface area contributed by atoms with E-state index in [0.29, 0.717) is 5.56 Å². The van der Waals surface area contributed by atoms with Gasteiger partial charge >= 0.3 is 12.0 Å². The number of rotatable bonds is 5. The summed E-state index contributed by atoms with van der Waals surface area (Å²) in [5, 5.41) is 14.0. The molecule has 8 heteroatoms. The molecule has 1 aliphatic heterocycles. The van der Waals surface area contributed by atoms with Crippen molar-refractivity contribution >= 4 is 23.8 Å². The van der Waals surface area contributed by atoms with Crippen molar-refractivity contribution in [2.45, 2.75) is 25.4 Å². The van der Waals surface area contributed by atoms with Gasteiger partial charge in [-0.25, -0.2) is 9.59 Å². The Hall–Kier alpha value is -2.90. The molecule has 0 saturated carbocycles. The zero-order valence-electron chi connectivity index (χ0n) is 12.7. The average Bonchev–Trinajstić information content (AvgIpc) is 2.67. The van der Waals surface area contributed by atoms with Crippen LogP contribution in [0.25, 0.3) is 0 Å². The van der Waals surface area contributed by atoms with E-state index in [-0.39, 0.29) is 0 Å². The summed E-state index contributed by atoms with van der Waals surface area (Å²) in [6.45, 7) is 2.51. The summed E-state index contributed by atoms with van der Waals surface area (Å²) in [4.78, 5) is 47.9. The Kier molecular flexibility index (Phi) is 4.35. The zero-order chi connectivity index (χ0) is 17.2. The predicted molar refractivity (Wildman–Crippen MR) is 79.3 cm³/mol. The highest BCUT2D eigenvalue weighted by Crippen LogP contribution is 2.17. The zero-order valence-corrected chi connectivity index (χ0v) is 12.7. The smallest absolute Gasteiger partial charge is 0.330 e. The number of hydrogen-bond acceptors (Lipinski definition) is 4. The van der Waals surface area contributed by atoms with E-state index in [0.717, 1.165) is 4.90 Å². The van der Waals surface area contributed by atoms with E-state index < -0.39 is 41.9 Å². The average molecular weight is 319 g/mol. The van der Waals surface area contributed by atoms with Gasteiger partial charge in [0.1, 0.15) is 12.1 Å². The highest BCUT2D eigenvalue weighted by Gasteiger charge is 2.45. The molecule has 2 rings (SSSR count). The minimum atomic E-state index is -1.25. The van der Waals surface area contributed by atoms with Gasteiger partial charge in [0.15, 0.2) is 6.04 Å². The Labute approximate surface area is 132 Å². The molecule has 122 valence electrons. The van der Waals surface area contributed by atoms with Gasteiger partial charge in [-0.3, -0.25) is 14.5 Å². The molecule has 3 N–H and O–H groups in total. The lowest BCUT2D eigenvalue weighted by atomic mass is 10.1. The van der Waals surface area contributed by atoms with Crippen LogP contribution in [-0.2, 0) is 14.4 Å². The second-order valence-corrected chi connectivity index (χ2v) is 5.70. The Morgan fingerprint density at radius 1 is 1.26 bits per heavy atom. The summed E-state index contributed by atoms with van der Waals surface area (Å²) < 4.78 is 0. The van der Waals surface area contributed by atoms with Gasteiger partial charge in [0.25, 0.3) is 5.91 Å². The number of amides is 4. The van der Waals surface area contributed by atoms with Crippen LogP contribution in [0.15, 0.2) is 30.3 Å². The maximum Gasteiger partial charge on any atom is 0.330 e. The molecule has 1 saturated heterocycles. The first kappa shape index (κ1) is 16.5. The number of nitrogens with zero attached hydrogens (tertiary/aromatic N) is 1. The quantitative estimate of drug-likeness (QED) is 0.673. The lowest BCUT2D eigenvalue weighted by molar-refractivity contribution is -0.142. The summed E-state index contributed by atoms with van der Waals surface area (Å²) in [5.41, 5.74) is -0.686. The molecule has 0 aromatic heterocycles. The molecule has 1 atom stereocenters. The topological polar surface area (TPSA) is 116 Å². The molecule has 1 heterocycles. The van der Waals surface area contributed by atoms with Crippen LogP contribution in [0.2, 0.25) is 0 Å². The van der Waals surface area contributed by atoms with Crippen LogP contribution in [0.1, 0.15) is 25.5 Å². The van der Waals surface area contributed by atoms with Crippen molar-refractivity contribution in [3.63, 3.8) is 0 Å². The lowest BCUT2D eigenvalue weighted by Crippen LogP contribution is -2.44. The minimum absolute atomic E-state index is 0.394. The number of hydrogen-bond donors (Lipinski definition) is 3. The van der Waals surface area contributed by atoms with Gasteiger partial charge in [-0.1, -0.05) is 30.3 Å². The monoisotopic (exact) mass is 319 g/mol. The number of carbonyl (C=O) groups excluding carboxylic acids is 3. The molecule has 1 fully saturated rings. The van der Waals surface area contributed by atoms with E-state index in [2.05, 4.69) is 10.6 Å². The summed E-state index contributed by atoms with van der Waals surface area (Å²) >= 11 is 0. The molecule has 0 aliphatic carbocycles. The van der Waals surface area contributed by atoms with Crippen LogP contribution < -0.4 is 10.6 Å². The van der Waals surface area contributed by atoms with Crippen molar-refractivity contribution in [3.05, 3.63) is 35.9 Å². The van der Waals surface area contributed by atoms with Crippen LogP contribution >= 0.6 is 0 Å². The number of carboxylic acid groups (broad SMARTS) is 1. The molecule has 1 aliphatic rings. The number of benzene rings is 1. The molecule has 1 aromatic carbocycles. The van der Waals surface area contributed by atoms with Gasteiger partial charge in [-0.15, -0.1) is 0 Å². The molecule has 23 heavy (non-hydrogen) atoms. The van der Waals surface area contributed by atoms with Crippen LogP contribution in [0, 0.1) is 0 Å². The van der Waals surface area contributed by atoms with E-state index in [9.17, 15) is 24.3 Å². The van der Waals surface area contributed by atoms with Gasteiger partial charge in [-0.05, 0) is 19.4 Å². The van der Waals surface area contributed by atoms with E-state index in [1.807, 2.05) is 0 Å². The number of aliphatic carboxylic acids is 1. The molecule has 0 spiro atoms. The first-order valence-electron chi connectivity index (χ1n) is 6.93. The summed E-state index contributed by atoms with van der Waals surface area (Å²) in [6.07, 6.45) is 0. The summed E-state index contributed by atoms with van der Waals surface area (Å²) in [7, 11) is 0. The number of nitrogens with one attached hydrogen (secondary N) is 2. The van der Waals surface area contributed by atoms with Gasteiger partial charge in [0, 0.05) is 0 Å². The van der Waals surface area contributed by atoms with Crippen LogP contribution in [0.3, 0.4) is 0 Å².